The fourth-order valence-corrected chi connectivity index (χ4v) is 1.69. The molecule has 0 aromatic rings. The molecule has 0 aromatic carbocycles. The van der Waals surface area contributed by atoms with E-state index in [1.807, 2.05) is 0 Å². The summed E-state index contributed by atoms with van der Waals surface area (Å²) in [7, 11) is 1.66. The smallest absolute Gasteiger partial charge is 0.314 e. The van der Waals surface area contributed by atoms with Crippen molar-refractivity contribution in [1.82, 2.24) is 10.6 Å². The average Bonchev–Trinajstić information content (AvgIpc) is 2.81. The van der Waals surface area contributed by atoms with E-state index in [4.69, 9.17) is 0 Å². The molecular formula is C8H14N2O. The molecule has 2 N–H and O–H groups in total. The summed E-state index contributed by atoms with van der Waals surface area (Å²) in [6.07, 6.45) is 4.99. The first-order chi connectivity index (χ1) is 5.27. The van der Waals surface area contributed by atoms with Crippen molar-refractivity contribution >= 4 is 6.03 Å². The van der Waals surface area contributed by atoms with Gasteiger partial charge in [-0.05, 0) is 31.6 Å². The summed E-state index contributed by atoms with van der Waals surface area (Å²) in [6, 6.07) is -0.0191. The lowest BCUT2D eigenvalue weighted by Crippen LogP contribution is -2.43. The van der Waals surface area contributed by atoms with Gasteiger partial charge in [0.25, 0.3) is 0 Å². The van der Waals surface area contributed by atoms with Crippen LogP contribution in [0.15, 0.2) is 0 Å². The Kier molecular flexibility index (Phi) is 1.34. The van der Waals surface area contributed by atoms with Crippen molar-refractivity contribution in [2.24, 2.45) is 5.92 Å². The molecule has 0 unspecified atom stereocenters. The molecule has 2 rings (SSSR count). The van der Waals surface area contributed by atoms with Crippen molar-refractivity contribution in [2.75, 3.05) is 7.05 Å². The van der Waals surface area contributed by atoms with Gasteiger partial charge in [0, 0.05) is 12.6 Å². The maximum absolute atomic E-state index is 11.0. The Hall–Kier alpha value is -0.730. The zero-order valence-corrected chi connectivity index (χ0v) is 6.81. The topological polar surface area (TPSA) is 41.1 Å². The molecule has 2 amide bonds. The van der Waals surface area contributed by atoms with Gasteiger partial charge >= 0.3 is 6.03 Å². The predicted octanol–water partition coefficient (Wildman–Crippen LogP) is 0.858. The van der Waals surface area contributed by atoms with Crippen LogP contribution in [0.5, 0.6) is 0 Å². The number of amides is 2. The number of hydrogen-bond donors (Lipinski definition) is 2. The van der Waals surface area contributed by atoms with Gasteiger partial charge in [0.1, 0.15) is 0 Å². The first-order valence-corrected chi connectivity index (χ1v) is 4.27. The summed E-state index contributed by atoms with van der Waals surface area (Å²) in [5, 5.41) is 5.62. The summed E-state index contributed by atoms with van der Waals surface area (Å²) in [4.78, 5) is 11.0. The van der Waals surface area contributed by atoms with Crippen molar-refractivity contribution in [3.05, 3.63) is 0 Å². The van der Waals surface area contributed by atoms with E-state index in [2.05, 4.69) is 10.6 Å². The summed E-state index contributed by atoms with van der Waals surface area (Å²) < 4.78 is 0. The normalized spacial score (nSPS) is 25.9. The van der Waals surface area contributed by atoms with Crippen LogP contribution < -0.4 is 10.6 Å². The second-order valence-corrected chi connectivity index (χ2v) is 3.63. The highest BCUT2D eigenvalue weighted by atomic mass is 16.2. The molecule has 0 atom stereocenters. The molecule has 11 heavy (non-hydrogen) atoms. The SMILES string of the molecule is CNC(=O)NC1(C2CC2)CC1. The van der Waals surface area contributed by atoms with Crippen LogP contribution in [0.3, 0.4) is 0 Å². The number of carbonyl (C=O) groups excluding carboxylic acids is 1. The number of carbonyl (C=O) groups is 1. The summed E-state index contributed by atoms with van der Waals surface area (Å²) in [5.74, 6) is 0.791. The van der Waals surface area contributed by atoms with E-state index in [1.165, 1.54) is 25.7 Å². The van der Waals surface area contributed by atoms with Gasteiger partial charge < -0.3 is 10.6 Å². The highest BCUT2D eigenvalue weighted by Crippen LogP contribution is 2.53. The van der Waals surface area contributed by atoms with Gasteiger partial charge in [0.2, 0.25) is 0 Å². The summed E-state index contributed by atoms with van der Waals surface area (Å²) in [5.41, 5.74) is 0.222. The van der Waals surface area contributed by atoms with Gasteiger partial charge in [-0.15, -0.1) is 0 Å². The van der Waals surface area contributed by atoms with Gasteiger partial charge in [-0.2, -0.15) is 0 Å². The van der Waals surface area contributed by atoms with Crippen molar-refractivity contribution in [1.29, 1.82) is 0 Å². The number of urea groups is 1. The van der Waals surface area contributed by atoms with Gasteiger partial charge in [-0.3, -0.25) is 0 Å². The second-order valence-electron chi connectivity index (χ2n) is 3.63. The standard InChI is InChI=1S/C8H14N2O/c1-9-7(11)10-8(4-5-8)6-2-3-6/h6H,2-5H2,1H3,(H2,9,10,11). The van der Waals surface area contributed by atoms with Gasteiger partial charge in [0.05, 0.1) is 0 Å². The predicted molar refractivity (Wildman–Crippen MR) is 42.3 cm³/mol. The molecule has 0 saturated heterocycles. The molecule has 2 aliphatic carbocycles. The Balaban J connectivity index is 1.88. The number of rotatable bonds is 2. The molecule has 0 aliphatic heterocycles. The molecular weight excluding hydrogens is 140 g/mol. The monoisotopic (exact) mass is 154 g/mol. The largest absolute Gasteiger partial charge is 0.341 e. The second kappa shape index (κ2) is 2.13. The van der Waals surface area contributed by atoms with Crippen molar-refractivity contribution < 1.29 is 4.79 Å². The molecule has 0 aromatic heterocycles. The fraction of sp³-hybridized carbons (Fsp3) is 0.875. The fourth-order valence-electron chi connectivity index (χ4n) is 1.69. The Morgan fingerprint density at radius 3 is 2.45 bits per heavy atom. The van der Waals surface area contributed by atoms with Gasteiger partial charge in [-0.1, -0.05) is 0 Å². The van der Waals surface area contributed by atoms with Crippen LogP contribution in [0.25, 0.3) is 0 Å². The van der Waals surface area contributed by atoms with E-state index in [0.717, 1.165) is 5.92 Å². The van der Waals surface area contributed by atoms with Crippen LogP contribution in [-0.4, -0.2) is 18.6 Å². The Morgan fingerprint density at radius 1 is 1.45 bits per heavy atom. The van der Waals surface area contributed by atoms with Crippen LogP contribution in [0.1, 0.15) is 25.7 Å². The maximum Gasteiger partial charge on any atom is 0.314 e. The number of nitrogens with one attached hydrogen (secondary N) is 2. The zero-order valence-electron chi connectivity index (χ0n) is 6.81. The third-order valence-corrected chi connectivity index (χ3v) is 2.74. The molecule has 3 nitrogen and oxygen atoms in total. The van der Waals surface area contributed by atoms with Crippen LogP contribution in [0.4, 0.5) is 4.79 Å². The Morgan fingerprint density at radius 2 is 2.09 bits per heavy atom. The highest BCUT2D eigenvalue weighted by molar-refractivity contribution is 5.75. The molecule has 2 fully saturated rings. The minimum Gasteiger partial charge on any atom is -0.341 e. The molecule has 0 bridgehead atoms. The van der Waals surface area contributed by atoms with Crippen molar-refractivity contribution in [3.63, 3.8) is 0 Å². The van der Waals surface area contributed by atoms with Gasteiger partial charge in [0.15, 0.2) is 0 Å². The van der Waals surface area contributed by atoms with E-state index < -0.39 is 0 Å². The van der Waals surface area contributed by atoms with E-state index >= 15 is 0 Å². The van der Waals surface area contributed by atoms with Crippen molar-refractivity contribution in [2.45, 2.75) is 31.2 Å². The first-order valence-electron chi connectivity index (χ1n) is 4.27. The summed E-state index contributed by atoms with van der Waals surface area (Å²) >= 11 is 0. The summed E-state index contributed by atoms with van der Waals surface area (Å²) in [6.45, 7) is 0. The van der Waals surface area contributed by atoms with Crippen LogP contribution >= 0.6 is 0 Å². The lowest BCUT2D eigenvalue weighted by molar-refractivity contribution is 0.236. The van der Waals surface area contributed by atoms with Crippen LogP contribution in [0, 0.1) is 5.92 Å². The molecule has 0 radical (unpaired) electrons. The third-order valence-electron chi connectivity index (χ3n) is 2.74. The van der Waals surface area contributed by atoms with Crippen LogP contribution in [0.2, 0.25) is 0 Å². The highest BCUT2D eigenvalue weighted by Gasteiger charge is 2.54. The molecule has 0 heterocycles. The quantitative estimate of drug-likeness (QED) is 0.608. The maximum atomic E-state index is 11.0. The van der Waals surface area contributed by atoms with E-state index in [1.54, 1.807) is 7.05 Å². The van der Waals surface area contributed by atoms with E-state index in [0.29, 0.717) is 0 Å². The minimum absolute atomic E-state index is 0.0191. The molecule has 2 saturated carbocycles. The van der Waals surface area contributed by atoms with Crippen molar-refractivity contribution in [3.8, 4) is 0 Å². The third kappa shape index (κ3) is 1.19. The lowest BCUT2D eigenvalue weighted by atomic mass is 10.1. The van der Waals surface area contributed by atoms with Gasteiger partial charge in [-0.25, -0.2) is 4.79 Å². The first kappa shape index (κ1) is 6.95. The van der Waals surface area contributed by atoms with E-state index in [9.17, 15) is 4.79 Å². The Bertz CT molecular complexity index is 183. The molecule has 0 spiro atoms. The minimum atomic E-state index is -0.0191. The molecule has 62 valence electrons. The lowest BCUT2D eigenvalue weighted by Gasteiger charge is -2.15. The Labute approximate surface area is 66.5 Å². The average molecular weight is 154 g/mol. The molecule has 3 heteroatoms. The molecule has 2 aliphatic rings. The zero-order chi connectivity index (χ0) is 7.90. The number of hydrogen-bond acceptors (Lipinski definition) is 1. The van der Waals surface area contributed by atoms with E-state index in [-0.39, 0.29) is 11.6 Å². The van der Waals surface area contributed by atoms with Crippen LogP contribution in [-0.2, 0) is 0 Å².